The Morgan fingerprint density at radius 2 is 2.14 bits per heavy atom. The third-order valence-electron chi connectivity index (χ3n) is 2.84. The number of amides is 1. The molecule has 0 aliphatic heterocycles. The Morgan fingerprint density at radius 1 is 1.38 bits per heavy atom. The van der Waals surface area contributed by atoms with Gasteiger partial charge in [0.2, 0.25) is 0 Å². The van der Waals surface area contributed by atoms with Crippen molar-refractivity contribution in [3.8, 4) is 5.75 Å². The monoisotopic (exact) mass is 356 g/mol. The highest BCUT2D eigenvalue weighted by Crippen LogP contribution is 2.29. The zero-order valence-corrected chi connectivity index (χ0v) is 14.6. The highest BCUT2D eigenvalue weighted by Gasteiger charge is 2.10. The van der Waals surface area contributed by atoms with E-state index >= 15 is 0 Å². The first-order chi connectivity index (χ1) is 10.0. The lowest BCUT2D eigenvalue weighted by Crippen LogP contribution is -2.29. The molecular formula is C16H25BrN2O2. The number of carbonyl (C=O) groups excluding carboxylic acids is 1. The largest absolute Gasteiger partial charge is 0.482 e. The van der Waals surface area contributed by atoms with Gasteiger partial charge < -0.3 is 15.4 Å². The zero-order valence-electron chi connectivity index (χ0n) is 13.0. The van der Waals surface area contributed by atoms with E-state index in [0.717, 1.165) is 35.3 Å². The van der Waals surface area contributed by atoms with Crippen LogP contribution >= 0.6 is 15.9 Å². The van der Waals surface area contributed by atoms with Crippen molar-refractivity contribution in [2.45, 2.75) is 33.7 Å². The minimum atomic E-state index is -0.0892. The van der Waals surface area contributed by atoms with E-state index < -0.39 is 0 Å². The molecule has 0 unspecified atom stereocenters. The SMILES string of the molecule is CCCNC(=O)COc1c(Br)cccc1CNCC(C)C. The highest BCUT2D eigenvalue weighted by molar-refractivity contribution is 9.10. The number of ether oxygens (including phenoxy) is 1. The van der Waals surface area contributed by atoms with Gasteiger partial charge in [-0.1, -0.05) is 32.9 Å². The Hall–Kier alpha value is -1.07. The number of halogens is 1. The molecule has 21 heavy (non-hydrogen) atoms. The normalized spacial score (nSPS) is 10.7. The summed E-state index contributed by atoms with van der Waals surface area (Å²) in [7, 11) is 0. The Bertz CT molecular complexity index is 450. The Kier molecular flexibility index (Phi) is 8.38. The smallest absolute Gasteiger partial charge is 0.257 e. The van der Waals surface area contributed by atoms with Crippen molar-refractivity contribution >= 4 is 21.8 Å². The van der Waals surface area contributed by atoms with Gasteiger partial charge in [-0.2, -0.15) is 0 Å². The van der Waals surface area contributed by atoms with Crippen LogP contribution < -0.4 is 15.4 Å². The fraction of sp³-hybridized carbons (Fsp3) is 0.562. The summed E-state index contributed by atoms with van der Waals surface area (Å²) in [6, 6.07) is 5.91. The highest BCUT2D eigenvalue weighted by atomic mass is 79.9. The molecule has 0 saturated heterocycles. The molecule has 4 nitrogen and oxygen atoms in total. The number of nitrogens with one attached hydrogen (secondary N) is 2. The van der Waals surface area contributed by atoms with Crippen molar-refractivity contribution in [3.63, 3.8) is 0 Å². The summed E-state index contributed by atoms with van der Waals surface area (Å²) in [6.45, 7) is 8.76. The molecule has 1 rings (SSSR count). The summed E-state index contributed by atoms with van der Waals surface area (Å²) in [4.78, 5) is 11.6. The molecule has 0 saturated carbocycles. The standard InChI is InChI=1S/C16H25BrN2O2/c1-4-8-19-15(20)11-21-16-13(6-5-7-14(16)17)10-18-9-12(2)3/h5-7,12,18H,4,8-11H2,1-3H3,(H,19,20). The van der Waals surface area contributed by atoms with Gasteiger partial charge in [-0.15, -0.1) is 0 Å². The molecule has 0 aliphatic rings. The fourth-order valence-electron chi connectivity index (χ4n) is 1.80. The maximum Gasteiger partial charge on any atom is 0.257 e. The molecule has 0 radical (unpaired) electrons. The molecular weight excluding hydrogens is 332 g/mol. The zero-order chi connectivity index (χ0) is 15.7. The molecule has 0 spiro atoms. The molecule has 0 fully saturated rings. The third kappa shape index (κ3) is 6.96. The summed E-state index contributed by atoms with van der Waals surface area (Å²) in [6.07, 6.45) is 0.922. The fourth-order valence-corrected chi connectivity index (χ4v) is 2.32. The summed E-state index contributed by atoms with van der Waals surface area (Å²) in [5.41, 5.74) is 1.05. The van der Waals surface area contributed by atoms with E-state index in [-0.39, 0.29) is 12.5 Å². The molecule has 0 heterocycles. The summed E-state index contributed by atoms with van der Waals surface area (Å²) in [5, 5.41) is 6.19. The Labute approximate surface area is 135 Å². The molecule has 2 N–H and O–H groups in total. The number of carbonyl (C=O) groups is 1. The van der Waals surface area contributed by atoms with Gasteiger partial charge >= 0.3 is 0 Å². The topological polar surface area (TPSA) is 50.4 Å². The first kappa shape index (κ1) is 18.0. The second-order valence-corrected chi connectivity index (χ2v) is 6.25. The van der Waals surface area contributed by atoms with E-state index in [2.05, 4.69) is 40.4 Å². The summed E-state index contributed by atoms with van der Waals surface area (Å²) >= 11 is 3.49. The van der Waals surface area contributed by atoms with Crippen molar-refractivity contribution in [1.82, 2.24) is 10.6 Å². The molecule has 0 bridgehead atoms. The van der Waals surface area contributed by atoms with Crippen molar-refractivity contribution in [1.29, 1.82) is 0 Å². The maximum absolute atomic E-state index is 11.6. The Balaban J connectivity index is 2.60. The van der Waals surface area contributed by atoms with Crippen molar-refractivity contribution in [2.24, 2.45) is 5.92 Å². The van der Waals surface area contributed by atoms with E-state index in [9.17, 15) is 4.79 Å². The predicted molar refractivity (Wildman–Crippen MR) is 89.5 cm³/mol. The number of hydrogen-bond donors (Lipinski definition) is 2. The van der Waals surface area contributed by atoms with Gasteiger partial charge in [0.25, 0.3) is 5.91 Å². The van der Waals surface area contributed by atoms with Crippen molar-refractivity contribution < 1.29 is 9.53 Å². The molecule has 0 aliphatic carbocycles. The number of hydrogen-bond acceptors (Lipinski definition) is 3. The molecule has 1 aromatic rings. The number of rotatable bonds is 9. The van der Waals surface area contributed by atoms with Gasteiger partial charge in [-0.05, 0) is 40.9 Å². The maximum atomic E-state index is 11.6. The molecule has 118 valence electrons. The van der Waals surface area contributed by atoms with E-state index in [0.29, 0.717) is 12.5 Å². The van der Waals surface area contributed by atoms with Crippen molar-refractivity contribution in [3.05, 3.63) is 28.2 Å². The summed E-state index contributed by atoms with van der Waals surface area (Å²) < 4.78 is 6.56. The second kappa shape index (κ2) is 9.79. The quantitative estimate of drug-likeness (QED) is 0.714. The predicted octanol–water partition coefficient (Wildman–Crippen LogP) is 3.10. The van der Waals surface area contributed by atoms with Gasteiger partial charge in [0.15, 0.2) is 6.61 Å². The van der Waals surface area contributed by atoms with Gasteiger partial charge in [-0.3, -0.25) is 4.79 Å². The van der Waals surface area contributed by atoms with Crippen LogP contribution in [0.1, 0.15) is 32.8 Å². The van der Waals surface area contributed by atoms with E-state index in [1.54, 1.807) is 0 Å². The molecule has 0 atom stereocenters. The average molecular weight is 357 g/mol. The first-order valence-corrected chi connectivity index (χ1v) is 8.21. The lowest BCUT2D eigenvalue weighted by Gasteiger charge is -2.14. The van der Waals surface area contributed by atoms with Crippen LogP contribution in [-0.4, -0.2) is 25.6 Å². The van der Waals surface area contributed by atoms with Crippen LogP contribution in [0, 0.1) is 5.92 Å². The van der Waals surface area contributed by atoms with Crippen LogP contribution in [0.3, 0.4) is 0 Å². The molecule has 0 aromatic heterocycles. The molecule has 5 heteroatoms. The van der Waals surface area contributed by atoms with Crippen LogP contribution in [-0.2, 0) is 11.3 Å². The van der Waals surface area contributed by atoms with Crippen LogP contribution in [0.15, 0.2) is 22.7 Å². The second-order valence-electron chi connectivity index (χ2n) is 5.39. The lowest BCUT2D eigenvalue weighted by molar-refractivity contribution is -0.123. The molecule has 1 aromatic carbocycles. The van der Waals surface area contributed by atoms with Crippen LogP contribution in [0.25, 0.3) is 0 Å². The van der Waals surface area contributed by atoms with E-state index in [4.69, 9.17) is 4.74 Å². The van der Waals surface area contributed by atoms with Crippen molar-refractivity contribution in [2.75, 3.05) is 19.7 Å². The van der Waals surface area contributed by atoms with Crippen LogP contribution in [0.2, 0.25) is 0 Å². The average Bonchev–Trinajstić information content (AvgIpc) is 2.44. The molecule has 1 amide bonds. The summed E-state index contributed by atoms with van der Waals surface area (Å²) in [5.74, 6) is 1.25. The van der Waals surface area contributed by atoms with Crippen LogP contribution in [0.5, 0.6) is 5.75 Å². The van der Waals surface area contributed by atoms with Gasteiger partial charge in [0.1, 0.15) is 5.75 Å². The Morgan fingerprint density at radius 3 is 2.81 bits per heavy atom. The van der Waals surface area contributed by atoms with Crippen LogP contribution in [0.4, 0.5) is 0 Å². The van der Waals surface area contributed by atoms with Gasteiger partial charge in [0.05, 0.1) is 4.47 Å². The lowest BCUT2D eigenvalue weighted by atomic mass is 10.2. The number of para-hydroxylation sites is 1. The van der Waals surface area contributed by atoms with Gasteiger partial charge in [-0.25, -0.2) is 0 Å². The van der Waals surface area contributed by atoms with E-state index in [1.165, 1.54) is 0 Å². The minimum Gasteiger partial charge on any atom is -0.482 e. The van der Waals surface area contributed by atoms with Gasteiger partial charge in [0, 0.05) is 18.7 Å². The first-order valence-electron chi connectivity index (χ1n) is 7.42. The van der Waals surface area contributed by atoms with E-state index in [1.807, 2.05) is 25.1 Å². The number of benzene rings is 1. The third-order valence-corrected chi connectivity index (χ3v) is 3.46. The minimum absolute atomic E-state index is 0.0415.